The number of hydrogen-bond acceptors (Lipinski definition) is 5. The highest BCUT2D eigenvalue weighted by atomic mass is 32.2. The van der Waals surface area contributed by atoms with E-state index < -0.39 is 5.91 Å². The molecule has 0 fully saturated rings. The van der Waals surface area contributed by atoms with Crippen LogP contribution < -0.4 is 10.9 Å². The minimum absolute atomic E-state index is 0.00165. The van der Waals surface area contributed by atoms with Crippen molar-refractivity contribution in [2.75, 3.05) is 18.9 Å². The largest absolute Gasteiger partial charge is 0.396 e. The van der Waals surface area contributed by atoms with Gasteiger partial charge in [0, 0.05) is 31.6 Å². The average Bonchev–Trinajstić information content (AvgIpc) is 2.85. The Labute approximate surface area is 108 Å². The Morgan fingerprint density at radius 1 is 1.72 bits per heavy atom. The van der Waals surface area contributed by atoms with E-state index >= 15 is 0 Å². The highest BCUT2D eigenvalue weighted by molar-refractivity contribution is 7.99. The van der Waals surface area contributed by atoms with E-state index in [9.17, 15) is 9.59 Å². The van der Waals surface area contributed by atoms with E-state index in [1.165, 1.54) is 22.5 Å². The van der Waals surface area contributed by atoms with Crippen LogP contribution in [0.25, 0.3) is 0 Å². The second kappa shape index (κ2) is 5.53. The van der Waals surface area contributed by atoms with E-state index in [0.29, 0.717) is 18.2 Å². The summed E-state index contributed by atoms with van der Waals surface area (Å²) in [4.78, 5) is 28.0. The Morgan fingerprint density at radius 3 is 3.22 bits per heavy atom. The van der Waals surface area contributed by atoms with Gasteiger partial charge in [-0.05, 0) is 5.92 Å². The molecule has 1 aliphatic rings. The van der Waals surface area contributed by atoms with Gasteiger partial charge in [-0.25, -0.2) is 4.98 Å². The average molecular weight is 269 g/mol. The molecule has 18 heavy (non-hydrogen) atoms. The fourth-order valence-corrected chi connectivity index (χ4v) is 2.51. The lowest BCUT2D eigenvalue weighted by molar-refractivity contribution is 0.0939. The van der Waals surface area contributed by atoms with E-state index in [2.05, 4.69) is 10.3 Å². The molecule has 0 spiro atoms. The van der Waals surface area contributed by atoms with Crippen molar-refractivity contribution < 1.29 is 9.90 Å². The summed E-state index contributed by atoms with van der Waals surface area (Å²) in [6.45, 7) is 2.74. The number of aromatic nitrogens is 2. The monoisotopic (exact) mass is 269 g/mol. The van der Waals surface area contributed by atoms with E-state index in [1.807, 2.05) is 6.92 Å². The molecule has 2 rings (SSSR count). The number of fused-ring (bicyclic) bond motifs is 1. The number of nitrogens with one attached hydrogen (secondary N) is 1. The maximum atomic E-state index is 12.0. The molecule has 98 valence electrons. The SMILES string of the molecule is CC(CO)CNC(=O)c1cnc2n(c1=O)CCS2. The van der Waals surface area contributed by atoms with E-state index in [1.54, 1.807) is 0 Å². The van der Waals surface area contributed by atoms with E-state index in [0.717, 1.165) is 5.75 Å². The van der Waals surface area contributed by atoms with E-state index in [4.69, 9.17) is 5.11 Å². The highest BCUT2D eigenvalue weighted by Gasteiger charge is 2.19. The molecule has 2 N–H and O–H groups in total. The topological polar surface area (TPSA) is 84.2 Å². The third-order valence-corrected chi connectivity index (χ3v) is 3.69. The molecule has 0 aromatic carbocycles. The van der Waals surface area contributed by atoms with Gasteiger partial charge in [-0.15, -0.1) is 0 Å². The Balaban J connectivity index is 2.14. The summed E-state index contributed by atoms with van der Waals surface area (Å²) in [6.07, 6.45) is 1.32. The predicted octanol–water partition coefficient (Wildman–Crippen LogP) is -0.293. The van der Waals surface area contributed by atoms with Crippen LogP contribution in [0.4, 0.5) is 0 Å². The second-order valence-corrected chi connectivity index (χ2v) is 5.32. The Kier molecular flexibility index (Phi) is 4.03. The molecular weight excluding hydrogens is 254 g/mol. The molecule has 1 aliphatic heterocycles. The van der Waals surface area contributed by atoms with Gasteiger partial charge in [0.1, 0.15) is 5.56 Å². The van der Waals surface area contributed by atoms with Gasteiger partial charge in [-0.2, -0.15) is 0 Å². The summed E-state index contributed by atoms with van der Waals surface area (Å²) in [6, 6.07) is 0. The number of thioether (sulfide) groups is 1. The molecule has 0 radical (unpaired) electrons. The zero-order valence-corrected chi connectivity index (χ0v) is 10.9. The molecule has 1 atom stereocenters. The van der Waals surface area contributed by atoms with Gasteiger partial charge in [0.25, 0.3) is 11.5 Å². The summed E-state index contributed by atoms with van der Waals surface area (Å²) in [5.74, 6) is 0.351. The van der Waals surface area contributed by atoms with Crippen LogP contribution in [0.2, 0.25) is 0 Å². The number of aliphatic hydroxyl groups excluding tert-OH is 1. The van der Waals surface area contributed by atoms with Crippen LogP contribution in [0.3, 0.4) is 0 Å². The molecule has 7 heteroatoms. The fourth-order valence-electron chi connectivity index (χ4n) is 1.60. The Hall–Kier alpha value is -1.34. The second-order valence-electron chi connectivity index (χ2n) is 4.26. The van der Waals surface area contributed by atoms with Gasteiger partial charge in [0.05, 0.1) is 0 Å². The number of carbonyl (C=O) groups excluding carboxylic acids is 1. The van der Waals surface area contributed by atoms with E-state index in [-0.39, 0.29) is 23.6 Å². The number of amides is 1. The fraction of sp³-hybridized carbons (Fsp3) is 0.545. The van der Waals surface area contributed by atoms with Crippen LogP contribution in [0.15, 0.2) is 16.1 Å². The van der Waals surface area contributed by atoms with Crippen LogP contribution in [-0.2, 0) is 6.54 Å². The maximum absolute atomic E-state index is 12.0. The summed E-state index contributed by atoms with van der Waals surface area (Å²) >= 11 is 1.51. The zero-order chi connectivity index (χ0) is 13.1. The number of hydrogen-bond donors (Lipinski definition) is 2. The van der Waals surface area contributed by atoms with Crippen LogP contribution in [0.1, 0.15) is 17.3 Å². The van der Waals surface area contributed by atoms with Crippen molar-refractivity contribution >= 4 is 17.7 Å². The molecule has 1 aromatic heterocycles. The quantitative estimate of drug-likeness (QED) is 0.734. The number of carbonyl (C=O) groups is 1. The first-order chi connectivity index (χ1) is 8.63. The Bertz CT molecular complexity index is 515. The first kappa shape index (κ1) is 13.1. The molecule has 1 amide bonds. The van der Waals surface area contributed by atoms with Crippen LogP contribution in [0, 0.1) is 5.92 Å². The van der Waals surface area contributed by atoms with Crippen molar-refractivity contribution in [2.45, 2.75) is 18.6 Å². The molecule has 6 nitrogen and oxygen atoms in total. The van der Waals surface area contributed by atoms with Gasteiger partial charge in [-0.1, -0.05) is 18.7 Å². The normalized spacial score (nSPS) is 15.2. The van der Waals surface area contributed by atoms with Crippen molar-refractivity contribution in [1.29, 1.82) is 0 Å². The van der Waals surface area contributed by atoms with Gasteiger partial charge in [0.15, 0.2) is 5.16 Å². The van der Waals surface area contributed by atoms with Crippen LogP contribution in [0.5, 0.6) is 0 Å². The summed E-state index contributed by atoms with van der Waals surface area (Å²) in [7, 11) is 0. The third-order valence-electron chi connectivity index (χ3n) is 2.72. The van der Waals surface area contributed by atoms with Gasteiger partial charge < -0.3 is 10.4 Å². The van der Waals surface area contributed by atoms with Crippen molar-refractivity contribution in [1.82, 2.24) is 14.9 Å². The molecule has 0 aliphatic carbocycles. The molecule has 1 unspecified atom stereocenters. The van der Waals surface area contributed by atoms with Crippen molar-refractivity contribution in [3.8, 4) is 0 Å². The van der Waals surface area contributed by atoms with Crippen molar-refractivity contribution in [2.24, 2.45) is 5.92 Å². The van der Waals surface area contributed by atoms with Gasteiger partial charge >= 0.3 is 0 Å². The summed E-state index contributed by atoms with van der Waals surface area (Å²) in [5.41, 5.74) is -0.231. The standard InChI is InChI=1S/C11H15N3O3S/c1-7(6-15)4-12-9(16)8-5-13-11-14(10(8)17)2-3-18-11/h5,7,15H,2-4,6H2,1H3,(H,12,16). The lowest BCUT2D eigenvalue weighted by Gasteiger charge is -2.10. The Morgan fingerprint density at radius 2 is 2.50 bits per heavy atom. The van der Waals surface area contributed by atoms with Crippen molar-refractivity contribution in [3.05, 3.63) is 22.1 Å². The minimum atomic E-state index is -0.431. The molecule has 0 saturated heterocycles. The minimum Gasteiger partial charge on any atom is -0.396 e. The molecule has 1 aromatic rings. The van der Waals surface area contributed by atoms with Gasteiger partial charge in [0.2, 0.25) is 0 Å². The molecule has 0 bridgehead atoms. The number of rotatable bonds is 4. The lowest BCUT2D eigenvalue weighted by Crippen LogP contribution is -2.35. The first-order valence-electron chi connectivity index (χ1n) is 5.75. The number of aliphatic hydroxyl groups is 1. The molecular formula is C11H15N3O3S. The number of nitrogens with zero attached hydrogens (tertiary/aromatic N) is 2. The first-order valence-corrected chi connectivity index (χ1v) is 6.73. The van der Waals surface area contributed by atoms with Crippen molar-refractivity contribution in [3.63, 3.8) is 0 Å². The molecule has 0 saturated carbocycles. The van der Waals surface area contributed by atoms with Crippen LogP contribution >= 0.6 is 11.8 Å². The smallest absolute Gasteiger partial charge is 0.267 e. The summed E-state index contributed by atoms with van der Waals surface area (Å²) in [5, 5.41) is 12.2. The molecule has 2 heterocycles. The third kappa shape index (κ3) is 2.56. The summed E-state index contributed by atoms with van der Waals surface area (Å²) < 4.78 is 1.52. The zero-order valence-electron chi connectivity index (χ0n) is 10.0. The lowest BCUT2D eigenvalue weighted by atomic mass is 10.2. The van der Waals surface area contributed by atoms with Crippen LogP contribution in [-0.4, -0.2) is 39.5 Å². The highest BCUT2D eigenvalue weighted by Crippen LogP contribution is 2.20. The maximum Gasteiger partial charge on any atom is 0.267 e. The van der Waals surface area contributed by atoms with Gasteiger partial charge in [-0.3, -0.25) is 14.2 Å². The predicted molar refractivity (Wildman–Crippen MR) is 67.8 cm³/mol.